The Morgan fingerprint density at radius 2 is 1.93 bits per heavy atom. The molecule has 0 saturated heterocycles. The number of ether oxygens (including phenoxy) is 1. The Balaban J connectivity index is 1.89. The number of nitrogens with one attached hydrogen (secondary N) is 1. The van der Waals surface area contributed by atoms with E-state index in [1.54, 1.807) is 24.3 Å². The van der Waals surface area contributed by atoms with Crippen molar-refractivity contribution in [2.45, 2.75) is 12.8 Å². The van der Waals surface area contributed by atoms with Crippen LogP contribution in [0.1, 0.15) is 24.0 Å². The molecule has 0 amide bonds. The number of rotatable bonds is 7. The van der Waals surface area contributed by atoms with Gasteiger partial charge in [-0.25, -0.2) is 8.78 Å². The first-order valence-corrected chi connectivity index (χ1v) is 8.80. The number of allylic oxidation sites excluding steroid dienone is 1. The van der Waals surface area contributed by atoms with E-state index >= 15 is 0 Å². The zero-order valence-corrected chi connectivity index (χ0v) is 15.2. The highest BCUT2D eigenvalue weighted by molar-refractivity contribution is 6.32. The van der Waals surface area contributed by atoms with Crippen LogP contribution in [0.5, 0.6) is 5.75 Å². The van der Waals surface area contributed by atoms with Crippen LogP contribution in [0.15, 0.2) is 54.3 Å². The zero-order chi connectivity index (χ0) is 19.6. The smallest absolute Gasteiger partial charge is 0.135 e. The van der Waals surface area contributed by atoms with Crippen molar-refractivity contribution in [2.24, 2.45) is 5.92 Å². The van der Waals surface area contributed by atoms with E-state index in [1.165, 1.54) is 6.07 Å². The molecule has 0 aliphatic heterocycles. The Morgan fingerprint density at radius 1 is 1.26 bits per heavy atom. The number of aliphatic hydroxyl groups excluding tert-OH is 1. The van der Waals surface area contributed by atoms with Crippen molar-refractivity contribution >= 4 is 23.4 Å². The lowest BCUT2D eigenvalue weighted by Crippen LogP contribution is -2.18. The number of halogens is 3. The fourth-order valence-corrected chi connectivity index (χ4v) is 2.93. The van der Waals surface area contributed by atoms with Gasteiger partial charge < -0.3 is 9.84 Å². The molecule has 6 heteroatoms. The van der Waals surface area contributed by atoms with Gasteiger partial charge in [-0.2, -0.15) is 0 Å². The molecular weight excluding hydrogens is 372 g/mol. The number of benzene rings is 2. The zero-order valence-electron chi connectivity index (χ0n) is 14.4. The molecular formula is C21H18ClF2NO2. The summed E-state index contributed by atoms with van der Waals surface area (Å²) < 4.78 is 33.8. The van der Waals surface area contributed by atoms with E-state index in [2.05, 4.69) is 6.58 Å². The van der Waals surface area contributed by atoms with Gasteiger partial charge in [0.1, 0.15) is 29.8 Å². The van der Waals surface area contributed by atoms with Gasteiger partial charge in [-0.15, -0.1) is 0 Å². The van der Waals surface area contributed by atoms with Crippen molar-refractivity contribution in [1.82, 2.24) is 0 Å². The highest BCUT2D eigenvalue weighted by atomic mass is 35.5. The summed E-state index contributed by atoms with van der Waals surface area (Å²) in [6, 6.07) is 8.35. The molecule has 0 unspecified atom stereocenters. The van der Waals surface area contributed by atoms with E-state index in [9.17, 15) is 13.9 Å². The van der Waals surface area contributed by atoms with E-state index in [0.29, 0.717) is 10.8 Å². The first kappa shape index (κ1) is 19.1. The third-order valence-corrected chi connectivity index (χ3v) is 4.69. The van der Waals surface area contributed by atoms with Crippen molar-refractivity contribution in [1.29, 1.82) is 5.41 Å². The minimum Gasteiger partial charge on any atom is -0.512 e. The molecule has 3 nitrogen and oxygen atoms in total. The molecule has 0 heterocycles. The van der Waals surface area contributed by atoms with E-state index in [0.717, 1.165) is 30.5 Å². The number of hydrogen-bond donors (Lipinski definition) is 2. The van der Waals surface area contributed by atoms with Crippen LogP contribution in [-0.4, -0.2) is 17.4 Å². The molecule has 1 aliphatic carbocycles. The Labute approximate surface area is 161 Å². The summed E-state index contributed by atoms with van der Waals surface area (Å²) in [7, 11) is 0. The SMILES string of the molecule is C=Cc1ccc(OC/C(C(=N)c2c(F)cccc2F)=C(/O)C2CC2)cc1Cl. The summed E-state index contributed by atoms with van der Waals surface area (Å²) in [5.41, 5.74) is -0.112. The van der Waals surface area contributed by atoms with Gasteiger partial charge in [0.2, 0.25) is 0 Å². The van der Waals surface area contributed by atoms with Gasteiger partial charge in [-0.3, -0.25) is 5.41 Å². The lowest BCUT2D eigenvalue weighted by atomic mass is 9.99. The molecule has 1 fully saturated rings. The Bertz CT molecular complexity index is 916. The van der Waals surface area contributed by atoms with Crippen molar-refractivity contribution in [3.8, 4) is 5.75 Å². The van der Waals surface area contributed by atoms with Crippen molar-refractivity contribution in [3.63, 3.8) is 0 Å². The van der Waals surface area contributed by atoms with Gasteiger partial charge >= 0.3 is 0 Å². The second-order valence-corrected chi connectivity index (χ2v) is 6.69. The Morgan fingerprint density at radius 3 is 2.48 bits per heavy atom. The van der Waals surface area contributed by atoms with Crippen molar-refractivity contribution in [2.75, 3.05) is 6.61 Å². The maximum absolute atomic E-state index is 14.1. The van der Waals surface area contributed by atoms with Gasteiger partial charge in [0.15, 0.2) is 0 Å². The van der Waals surface area contributed by atoms with Crippen molar-refractivity contribution in [3.05, 3.63) is 82.1 Å². The largest absolute Gasteiger partial charge is 0.512 e. The molecule has 27 heavy (non-hydrogen) atoms. The normalized spacial score (nSPS) is 14.5. The molecule has 2 aromatic carbocycles. The second-order valence-electron chi connectivity index (χ2n) is 6.29. The monoisotopic (exact) mass is 389 g/mol. The number of aliphatic hydroxyl groups is 1. The second kappa shape index (κ2) is 7.92. The highest BCUT2D eigenvalue weighted by Gasteiger charge is 2.31. The summed E-state index contributed by atoms with van der Waals surface area (Å²) >= 11 is 6.11. The molecule has 1 aliphatic rings. The van der Waals surface area contributed by atoms with Crippen LogP contribution in [0, 0.1) is 23.0 Å². The molecule has 0 aromatic heterocycles. The van der Waals surface area contributed by atoms with Gasteiger partial charge in [-0.1, -0.05) is 30.3 Å². The van der Waals surface area contributed by atoms with Gasteiger partial charge in [0, 0.05) is 5.92 Å². The molecule has 0 bridgehead atoms. The maximum atomic E-state index is 14.1. The molecule has 1 saturated carbocycles. The van der Waals surface area contributed by atoms with E-state index < -0.39 is 22.9 Å². The molecule has 2 aromatic rings. The van der Waals surface area contributed by atoms with Crippen LogP contribution in [0.25, 0.3) is 6.08 Å². The molecule has 0 atom stereocenters. The average molecular weight is 390 g/mol. The molecule has 2 N–H and O–H groups in total. The van der Waals surface area contributed by atoms with Gasteiger partial charge in [0.25, 0.3) is 0 Å². The van der Waals surface area contributed by atoms with Gasteiger partial charge in [-0.05, 0) is 48.7 Å². The lowest BCUT2D eigenvalue weighted by Gasteiger charge is -2.15. The van der Waals surface area contributed by atoms with Crippen LogP contribution < -0.4 is 4.74 Å². The quantitative estimate of drug-likeness (QED) is 0.455. The predicted molar refractivity (Wildman–Crippen MR) is 103 cm³/mol. The number of hydrogen-bond acceptors (Lipinski definition) is 3. The van der Waals surface area contributed by atoms with E-state index in [4.69, 9.17) is 21.7 Å². The first-order valence-electron chi connectivity index (χ1n) is 8.42. The minimum atomic E-state index is -0.862. The predicted octanol–water partition coefficient (Wildman–Crippen LogP) is 5.93. The van der Waals surface area contributed by atoms with Crippen LogP contribution in [0.4, 0.5) is 8.78 Å². The minimum absolute atomic E-state index is 0.0588. The van der Waals surface area contributed by atoms with E-state index in [1.807, 2.05) is 0 Å². The fraction of sp³-hybridized carbons (Fsp3) is 0.190. The summed E-state index contributed by atoms with van der Waals surface area (Å²) in [4.78, 5) is 0. The summed E-state index contributed by atoms with van der Waals surface area (Å²) in [5.74, 6) is -1.48. The summed E-state index contributed by atoms with van der Waals surface area (Å²) in [6.07, 6.45) is 3.14. The van der Waals surface area contributed by atoms with Crippen LogP contribution in [0.2, 0.25) is 5.02 Å². The third-order valence-electron chi connectivity index (χ3n) is 4.36. The Hall–Kier alpha value is -2.66. The summed E-state index contributed by atoms with van der Waals surface area (Å²) in [6.45, 7) is 3.44. The first-order chi connectivity index (χ1) is 12.9. The van der Waals surface area contributed by atoms with Crippen LogP contribution in [0.3, 0.4) is 0 Å². The van der Waals surface area contributed by atoms with Crippen LogP contribution in [-0.2, 0) is 0 Å². The fourth-order valence-electron chi connectivity index (χ4n) is 2.68. The molecule has 140 valence electrons. The lowest BCUT2D eigenvalue weighted by molar-refractivity contribution is 0.329. The topological polar surface area (TPSA) is 53.3 Å². The van der Waals surface area contributed by atoms with Crippen LogP contribution >= 0.6 is 11.6 Å². The highest BCUT2D eigenvalue weighted by Crippen LogP contribution is 2.37. The third kappa shape index (κ3) is 4.19. The maximum Gasteiger partial charge on any atom is 0.135 e. The standard InChI is InChI=1S/C21H18ClF2NO2/c1-2-12-8-9-14(10-16(12)22)27-11-15(21(26)13-6-7-13)20(25)19-17(23)4-3-5-18(19)24/h2-5,8-10,13,25-26H,1,6-7,11H2/b21-15-,25-20?. The van der Waals surface area contributed by atoms with Crippen molar-refractivity contribution < 1.29 is 18.6 Å². The molecule has 0 spiro atoms. The average Bonchev–Trinajstić information content (AvgIpc) is 3.47. The summed E-state index contributed by atoms with van der Waals surface area (Å²) in [5, 5.41) is 19.2. The van der Waals surface area contributed by atoms with Gasteiger partial charge in [0.05, 0.1) is 21.9 Å². The van der Waals surface area contributed by atoms with E-state index in [-0.39, 0.29) is 23.9 Å². The molecule has 0 radical (unpaired) electrons. The molecule has 3 rings (SSSR count). The Kier molecular flexibility index (Phi) is 5.61.